The van der Waals surface area contributed by atoms with Gasteiger partial charge in [0, 0.05) is 11.0 Å². The molecule has 3 aliphatic rings. The molecule has 0 amide bonds. The lowest BCUT2D eigenvalue weighted by Crippen LogP contribution is -2.24. The molecule has 4 unspecified atom stereocenters. The molecule has 1 aromatic carbocycles. The summed E-state index contributed by atoms with van der Waals surface area (Å²) in [5.41, 5.74) is 1.50. The maximum atomic E-state index is 2.36. The Balaban J connectivity index is 1.58. The molecule has 0 heterocycles. The number of hydrogen-bond donors (Lipinski definition) is 0. The summed E-state index contributed by atoms with van der Waals surface area (Å²) in [4.78, 5) is 0. The van der Waals surface area contributed by atoms with Crippen LogP contribution in [0.15, 0.2) is 30.3 Å². The van der Waals surface area contributed by atoms with Gasteiger partial charge in [0.1, 0.15) is 0 Å². The van der Waals surface area contributed by atoms with Crippen LogP contribution in [0.5, 0.6) is 0 Å². The Morgan fingerprint density at radius 3 is 2.70 bits per heavy atom. The summed E-state index contributed by atoms with van der Waals surface area (Å²) in [6.07, 6.45) is 10.4. The molecule has 0 aliphatic heterocycles. The molecule has 4 atom stereocenters. The molecule has 110 valence electrons. The summed E-state index contributed by atoms with van der Waals surface area (Å²) >= 11 is 2.25. The molecule has 0 saturated heterocycles. The minimum absolute atomic E-state index is 0.941. The molecule has 0 spiro atoms. The van der Waals surface area contributed by atoms with E-state index in [1.54, 1.807) is 0 Å². The lowest BCUT2D eigenvalue weighted by molar-refractivity contribution is 0.318. The van der Waals surface area contributed by atoms with E-state index in [9.17, 15) is 0 Å². The molecular formula is C19H28S. The summed E-state index contributed by atoms with van der Waals surface area (Å²) in [5, 5.41) is 0.941. The second kappa shape index (κ2) is 7.02. The second-order valence-corrected chi connectivity index (χ2v) is 8.13. The van der Waals surface area contributed by atoms with Crippen molar-refractivity contribution >= 4 is 11.8 Å². The van der Waals surface area contributed by atoms with Gasteiger partial charge in [-0.2, -0.15) is 11.8 Å². The molecule has 2 bridgehead atoms. The number of fused-ring (bicyclic) bond motifs is 4. The average molecular weight is 289 g/mol. The summed E-state index contributed by atoms with van der Waals surface area (Å²) < 4.78 is 0. The van der Waals surface area contributed by atoms with Crippen LogP contribution in [0.3, 0.4) is 0 Å². The lowest BCUT2D eigenvalue weighted by Gasteiger charge is -2.32. The Labute approximate surface area is 128 Å². The fraction of sp³-hybridized carbons (Fsp3) is 0.684. The molecule has 0 radical (unpaired) electrons. The van der Waals surface area contributed by atoms with Gasteiger partial charge in [0.15, 0.2) is 0 Å². The predicted molar refractivity (Wildman–Crippen MR) is 90.0 cm³/mol. The molecule has 4 rings (SSSR count). The Hall–Kier alpha value is -0.430. The highest BCUT2D eigenvalue weighted by Crippen LogP contribution is 2.47. The van der Waals surface area contributed by atoms with Crippen molar-refractivity contribution in [3.63, 3.8) is 0 Å². The van der Waals surface area contributed by atoms with E-state index in [4.69, 9.17) is 0 Å². The molecule has 3 aliphatic carbocycles. The summed E-state index contributed by atoms with van der Waals surface area (Å²) in [6.45, 7) is 2.36. The van der Waals surface area contributed by atoms with E-state index in [0.29, 0.717) is 0 Å². The van der Waals surface area contributed by atoms with Crippen LogP contribution in [-0.2, 0) is 5.75 Å². The number of benzene rings is 1. The molecule has 1 aromatic rings. The third-order valence-corrected chi connectivity index (χ3v) is 6.85. The molecule has 0 N–H and O–H groups in total. The van der Waals surface area contributed by atoms with E-state index in [-0.39, 0.29) is 0 Å². The molecular weight excluding hydrogens is 260 g/mol. The first-order valence-electron chi connectivity index (χ1n) is 8.50. The van der Waals surface area contributed by atoms with Crippen LogP contribution < -0.4 is 0 Å². The third kappa shape index (κ3) is 3.61. The minimum Gasteiger partial charge on any atom is -0.153 e. The van der Waals surface area contributed by atoms with E-state index in [2.05, 4.69) is 49.0 Å². The van der Waals surface area contributed by atoms with Crippen LogP contribution >= 0.6 is 11.8 Å². The van der Waals surface area contributed by atoms with Crippen LogP contribution in [0, 0.1) is 17.8 Å². The normalized spacial score (nSPS) is 33.0. The molecule has 20 heavy (non-hydrogen) atoms. The van der Waals surface area contributed by atoms with Crippen LogP contribution in [0.2, 0.25) is 0 Å². The van der Waals surface area contributed by atoms with Crippen molar-refractivity contribution in [2.24, 2.45) is 17.8 Å². The third-order valence-electron chi connectivity index (χ3n) is 5.34. The highest BCUT2D eigenvalue weighted by molar-refractivity contribution is 7.99. The minimum atomic E-state index is 0.941. The Bertz CT molecular complexity index is 399. The fourth-order valence-corrected chi connectivity index (χ4v) is 5.91. The van der Waals surface area contributed by atoms with E-state index in [0.717, 1.165) is 23.0 Å². The van der Waals surface area contributed by atoms with Gasteiger partial charge in [0.25, 0.3) is 0 Å². The van der Waals surface area contributed by atoms with Gasteiger partial charge in [-0.25, -0.2) is 0 Å². The highest BCUT2D eigenvalue weighted by atomic mass is 32.2. The molecule has 3 saturated carbocycles. The van der Waals surface area contributed by atoms with Gasteiger partial charge in [-0.3, -0.25) is 0 Å². The number of thioether (sulfide) groups is 1. The molecule has 0 nitrogen and oxygen atoms in total. The quantitative estimate of drug-likeness (QED) is 0.648. The number of rotatable bonds is 5. The molecule has 1 heteroatoms. The van der Waals surface area contributed by atoms with Crippen LogP contribution in [0.4, 0.5) is 0 Å². The van der Waals surface area contributed by atoms with Gasteiger partial charge in [0.2, 0.25) is 0 Å². The first kappa shape index (κ1) is 14.5. The number of hydrogen-bond acceptors (Lipinski definition) is 1. The monoisotopic (exact) mass is 288 g/mol. The van der Waals surface area contributed by atoms with E-state index < -0.39 is 0 Å². The van der Waals surface area contributed by atoms with Crippen LogP contribution in [-0.4, -0.2) is 5.25 Å². The van der Waals surface area contributed by atoms with Gasteiger partial charge in [-0.05, 0) is 49.0 Å². The van der Waals surface area contributed by atoms with E-state index >= 15 is 0 Å². The fourth-order valence-electron chi connectivity index (χ4n) is 4.38. The van der Waals surface area contributed by atoms with Crippen molar-refractivity contribution in [2.45, 2.75) is 62.9 Å². The van der Waals surface area contributed by atoms with Gasteiger partial charge in [-0.15, -0.1) is 0 Å². The summed E-state index contributed by atoms with van der Waals surface area (Å²) in [5.74, 6) is 4.31. The molecule has 3 fully saturated rings. The first-order chi connectivity index (χ1) is 9.85. The lowest BCUT2D eigenvalue weighted by atomic mass is 9.84. The van der Waals surface area contributed by atoms with E-state index in [1.807, 2.05) is 0 Å². The Kier molecular flexibility index (Phi) is 5.09. The zero-order valence-corrected chi connectivity index (χ0v) is 13.6. The topological polar surface area (TPSA) is 0 Å². The van der Waals surface area contributed by atoms with Crippen molar-refractivity contribution in [3.8, 4) is 0 Å². The summed E-state index contributed by atoms with van der Waals surface area (Å²) in [7, 11) is 0. The van der Waals surface area contributed by atoms with Gasteiger partial charge < -0.3 is 0 Å². The zero-order chi connectivity index (χ0) is 13.8. The predicted octanol–water partition coefficient (Wildman–Crippen LogP) is 5.91. The van der Waals surface area contributed by atoms with Gasteiger partial charge >= 0.3 is 0 Å². The largest absolute Gasteiger partial charge is 0.153 e. The Morgan fingerprint density at radius 1 is 1.05 bits per heavy atom. The highest BCUT2D eigenvalue weighted by Gasteiger charge is 2.36. The summed E-state index contributed by atoms with van der Waals surface area (Å²) in [6, 6.07) is 11.0. The SMILES string of the molecule is CCCC1CC2CCC(C1)C(SCc1ccccc1)C2. The van der Waals surface area contributed by atoms with Crippen molar-refractivity contribution in [2.75, 3.05) is 0 Å². The van der Waals surface area contributed by atoms with E-state index in [1.165, 1.54) is 56.3 Å². The first-order valence-corrected chi connectivity index (χ1v) is 9.55. The van der Waals surface area contributed by atoms with Crippen LogP contribution in [0.1, 0.15) is 57.4 Å². The van der Waals surface area contributed by atoms with Crippen LogP contribution in [0.25, 0.3) is 0 Å². The van der Waals surface area contributed by atoms with Gasteiger partial charge in [0.05, 0.1) is 0 Å². The maximum absolute atomic E-state index is 2.36. The average Bonchev–Trinajstić information content (AvgIpc) is 2.77. The Morgan fingerprint density at radius 2 is 1.90 bits per heavy atom. The van der Waals surface area contributed by atoms with Gasteiger partial charge in [-0.1, -0.05) is 56.5 Å². The second-order valence-electron chi connectivity index (χ2n) is 6.90. The van der Waals surface area contributed by atoms with Crippen molar-refractivity contribution in [1.29, 1.82) is 0 Å². The molecule has 0 aromatic heterocycles. The smallest absolute Gasteiger partial charge is 0.0187 e. The standard InChI is InChI=1S/C19H28S/c1-2-6-16-11-17-9-10-18(12-16)19(13-17)20-14-15-7-4-3-5-8-15/h3-5,7-8,16-19H,2,6,9-14H2,1H3. The zero-order valence-electron chi connectivity index (χ0n) is 12.8. The van der Waals surface area contributed by atoms with Crippen molar-refractivity contribution in [1.82, 2.24) is 0 Å². The van der Waals surface area contributed by atoms with Crippen molar-refractivity contribution in [3.05, 3.63) is 35.9 Å². The van der Waals surface area contributed by atoms with Crippen molar-refractivity contribution < 1.29 is 0 Å². The maximum Gasteiger partial charge on any atom is 0.0187 e.